The summed E-state index contributed by atoms with van der Waals surface area (Å²) in [6.07, 6.45) is 0. The van der Waals surface area contributed by atoms with Crippen molar-refractivity contribution in [1.29, 1.82) is 0 Å². The van der Waals surface area contributed by atoms with Crippen LogP contribution in [-0.4, -0.2) is 9.38 Å². The van der Waals surface area contributed by atoms with Gasteiger partial charge in [0.25, 0.3) is 0 Å². The van der Waals surface area contributed by atoms with Crippen LogP contribution in [0.4, 0.5) is 0 Å². The van der Waals surface area contributed by atoms with E-state index >= 15 is 0 Å². The van der Waals surface area contributed by atoms with E-state index < -0.39 is 0 Å². The number of rotatable bonds is 1. The van der Waals surface area contributed by atoms with Gasteiger partial charge in [-0.2, -0.15) is 0 Å². The average Bonchev–Trinajstić information content (AvgIpc) is 3.10. The largest absolute Gasteiger partial charge is 0.291 e. The zero-order valence-corrected chi connectivity index (χ0v) is 13.2. The first-order valence-electron chi connectivity index (χ1n) is 7.20. The lowest BCUT2D eigenvalue weighted by atomic mass is 10.1. The molecule has 0 aliphatic carbocycles. The van der Waals surface area contributed by atoms with Crippen LogP contribution in [-0.2, 0) is 0 Å². The highest BCUT2D eigenvalue weighted by Gasteiger charge is 2.17. The first-order chi connectivity index (χ1) is 10.8. The number of aromatic nitrogens is 2. The number of fused-ring (bicyclic) bond motifs is 3. The summed E-state index contributed by atoms with van der Waals surface area (Å²) in [5.74, 6) is 1.000. The molecule has 5 rings (SSSR count). The second kappa shape index (κ2) is 4.31. The van der Waals surface area contributed by atoms with Crippen molar-refractivity contribution in [2.24, 2.45) is 0 Å². The van der Waals surface area contributed by atoms with Crippen LogP contribution in [0.15, 0.2) is 71.2 Å². The maximum atomic E-state index is 4.87. The van der Waals surface area contributed by atoms with Crippen LogP contribution in [0, 0.1) is 0 Å². The van der Waals surface area contributed by atoms with Gasteiger partial charge in [-0.15, -0.1) is 0 Å². The third-order valence-corrected chi connectivity index (χ3v) is 4.74. The first kappa shape index (κ1) is 12.2. The Hall–Kier alpha value is -2.39. The van der Waals surface area contributed by atoms with E-state index in [0.29, 0.717) is 0 Å². The van der Waals surface area contributed by atoms with Crippen LogP contribution in [0.2, 0.25) is 0 Å². The molecular formula is C19H11BrN2. The molecule has 2 nitrogen and oxygen atoms in total. The van der Waals surface area contributed by atoms with E-state index in [1.165, 1.54) is 21.8 Å². The van der Waals surface area contributed by atoms with E-state index in [1.54, 1.807) is 0 Å². The van der Waals surface area contributed by atoms with Crippen molar-refractivity contribution >= 4 is 43.3 Å². The Morgan fingerprint density at radius 2 is 1.55 bits per heavy atom. The van der Waals surface area contributed by atoms with E-state index in [4.69, 9.17) is 4.98 Å². The van der Waals surface area contributed by atoms with Gasteiger partial charge in [-0.1, -0.05) is 58.4 Å². The minimum atomic E-state index is 1.000. The van der Waals surface area contributed by atoms with Gasteiger partial charge in [0.05, 0.1) is 16.6 Å². The SMILES string of the molecule is Brc1ccc(-c2nc3cccc4c5ccccc5n2c34)cc1. The summed E-state index contributed by atoms with van der Waals surface area (Å²) < 4.78 is 3.36. The Kier molecular flexibility index (Phi) is 2.38. The summed E-state index contributed by atoms with van der Waals surface area (Å²) in [6.45, 7) is 0. The lowest BCUT2D eigenvalue weighted by Crippen LogP contribution is -1.87. The van der Waals surface area contributed by atoms with Crippen LogP contribution in [0.25, 0.3) is 38.7 Å². The maximum absolute atomic E-state index is 4.87. The average molecular weight is 347 g/mol. The Labute approximate surface area is 135 Å². The molecule has 0 bridgehead atoms. The molecule has 0 N–H and O–H groups in total. The van der Waals surface area contributed by atoms with E-state index in [9.17, 15) is 0 Å². The molecule has 0 atom stereocenters. The van der Waals surface area contributed by atoms with Crippen molar-refractivity contribution in [2.75, 3.05) is 0 Å². The highest BCUT2D eigenvalue weighted by atomic mass is 79.9. The molecule has 104 valence electrons. The lowest BCUT2D eigenvalue weighted by Gasteiger charge is -2.01. The minimum Gasteiger partial charge on any atom is -0.291 e. The summed E-state index contributed by atoms with van der Waals surface area (Å²) in [7, 11) is 0. The molecule has 0 unspecified atom stereocenters. The van der Waals surface area contributed by atoms with Crippen molar-refractivity contribution in [3.8, 4) is 11.4 Å². The van der Waals surface area contributed by atoms with Gasteiger partial charge >= 0.3 is 0 Å². The topological polar surface area (TPSA) is 17.3 Å². The highest BCUT2D eigenvalue weighted by Crippen LogP contribution is 2.36. The molecule has 0 saturated heterocycles. The zero-order chi connectivity index (χ0) is 14.7. The smallest absolute Gasteiger partial charge is 0.145 e. The molecular weight excluding hydrogens is 336 g/mol. The minimum absolute atomic E-state index is 1.000. The van der Waals surface area contributed by atoms with Crippen LogP contribution in [0.1, 0.15) is 0 Å². The predicted octanol–water partition coefficient (Wildman–Crippen LogP) is 5.51. The van der Waals surface area contributed by atoms with E-state index in [1.807, 2.05) is 0 Å². The van der Waals surface area contributed by atoms with Gasteiger partial charge in [0.1, 0.15) is 5.82 Å². The molecule has 2 aromatic heterocycles. The molecule has 5 aromatic rings. The molecule has 0 aliphatic rings. The van der Waals surface area contributed by atoms with Gasteiger partial charge in [-0.3, -0.25) is 4.40 Å². The van der Waals surface area contributed by atoms with Crippen LogP contribution in [0.5, 0.6) is 0 Å². The molecule has 0 aliphatic heterocycles. The number of benzene rings is 3. The summed E-state index contributed by atoms with van der Waals surface area (Å²) in [6, 6.07) is 23.2. The van der Waals surface area contributed by atoms with Gasteiger partial charge in [-0.25, -0.2) is 4.98 Å². The zero-order valence-electron chi connectivity index (χ0n) is 11.6. The summed E-state index contributed by atoms with van der Waals surface area (Å²) >= 11 is 3.50. The maximum Gasteiger partial charge on any atom is 0.145 e. The second-order valence-electron chi connectivity index (χ2n) is 5.47. The third kappa shape index (κ3) is 1.52. The van der Waals surface area contributed by atoms with E-state index in [0.717, 1.165) is 21.4 Å². The van der Waals surface area contributed by atoms with Gasteiger partial charge < -0.3 is 0 Å². The quantitative estimate of drug-likeness (QED) is 0.391. The van der Waals surface area contributed by atoms with Gasteiger partial charge in [0.2, 0.25) is 0 Å². The standard InChI is InChI=1S/C19H11BrN2/c20-13-10-8-12(9-11-13)19-21-16-6-3-5-15-14-4-1-2-7-17(14)22(19)18(15)16/h1-11H. The number of imidazole rings is 1. The Morgan fingerprint density at radius 1 is 0.773 bits per heavy atom. The molecule has 0 fully saturated rings. The van der Waals surface area contributed by atoms with Crippen molar-refractivity contribution in [3.63, 3.8) is 0 Å². The first-order valence-corrected chi connectivity index (χ1v) is 7.99. The number of hydrogen-bond donors (Lipinski definition) is 0. The van der Waals surface area contributed by atoms with Gasteiger partial charge in [0.15, 0.2) is 0 Å². The fourth-order valence-electron chi connectivity index (χ4n) is 3.27. The fraction of sp³-hybridized carbons (Fsp3) is 0. The molecule has 0 spiro atoms. The molecule has 3 aromatic carbocycles. The van der Waals surface area contributed by atoms with Gasteiger partial charge in [-0.05, 0) is 24.3 Å². The summed E-state index contributed by atoms with van der Waals surface area (Å²) in [4.78, 5) is 4.87. The third-order valence-electron chi connectivity index (χ3n) is 4.21. The van der Waals surface area contributed by atoms with Crippen LogP contribution < -0.4 is 0 Å². The number of nitrogens with zero attached hydrogens (tertiary/aromatic N) is 2. The molecule has 0 saturated carbocycles. The van der Waals surface area contributed by atoms with Crippen molar-refractivity contribution in [1.82, 2.24) is 9.38 Å². The molecule has 22 heavy (non-hydrogen) atoms. The molecule has 3 heteroatoms. The molecule has 0 amide bonds. The van der Waals surface area contributed by atoms with Crippen molar-refractivity contribution in [2.45, 2.75) is 0 Å². The van der Waals surface area contributed by atoms with E-state index in [-0.39, 0.29) is 0 Å². The Balaban J connectivity index is 2.01. The predicted molar refractivity (Wildman–Crippen MR) is 94.5 cm³/mol. The van der Waals surface area contributed by atoms with Crippen molar-refractivity contribution in [3.05, 3.63) is 71.2 Å². The molecule has 2 heterocycles. The summed E-state index contributed by atoms with van der Waals surface area (Å²) in [5, 5.41) is 2.55. The van der Waals surface area contributed by atoms with E-state index in [2.05, 4.69) is 87.1 Å². The molecule has 0 radical (unpaired) electrons. The fourth-order valence-corrected chi connectivity index (χ4v) is 3.53. The van der Waals surface area contributed by atoms with Crippen molar-refractivity contribution < 1.29 is 0 Å². The van der Waals surface area contributed by atoms with Crippen LogP contribution in [0.3, 0.4) is 0 Å². The highest BCUT2D eigenvalue weighted by molar-refractivity contribution is 9.10. The number of hydrogen-bond acceptors (Lipinski definition) is 1. The number of halogens is 1. The Morgan fingerprint density at radius 3 is 2.41 bits per heavy atom. The second-order valence-corrected chi connectivity index (χ2v) is 6.38. The lowest BCUT2D eigenvalue weighted by molar-refractivity contribution is 1.23. The summed E-state index contributed by atoms with van der Waals surface area (Å²) in [5.41, 5.74) is 4.60. The number of para-hydroxylation sites is 2. The normalized spacial score (nSPS) is 11.9. The monoisotopic (exact) mass is 346 g/mol. The van der Waals surface area contributed by atoms with Crippen LogP contribution >= 0.6 is 15.9 Å². The van der Waals surface area contributed by atoms with Gasteiger partial charge in [0, 0.05) is 20.8 Å². The Bertz CT molecular complexity index is 1120.